The fourth-order valence-corrected chi connectivity index (χ4v) is 2.33. The van der Waals surface area contributed by atoms with Gasteiger partial charge in [0.15, 0.2) is 11.2 Å². The van der Waals surface area contributed by atoms with E-state index in [2.05, 4.69) is 10.3 Å². The number of fused-ring (bicyclic) bond motifs is 1. The molecule has 0 fully saturated rings. The Hall–Kier alpha value is -2.09. The number of aryl methyl sites for hydroxylation is 1. The summed E-state index contributed by atoms with van der Waals surface area (Å²) >= 11 is 0. The van der Waals surface area contributed by atoms with Crippen LogP contribution in [0.2, 0.25) is 0 Å². The molecule has 0 bridgehead atoms. The van der Waals surface area contributed by atoms with Gasteiger partial charge in [-0.1, -0.05) is 13.8 Å². The van der Waals surface area contributed by atoms with Crippen molar-refractivity contribution in [2.24, 2.45) is 20.0 Å². The average molecular weight is 295 g/mol. The van der Waals surface area contributed by atoms with Gasteiger partial charge in [-0.25, -0.2) is 9.78 Å². The third-order valence-electron chi connectivity index (χ3n) is 3.28. The van der Waals surface area contributed by atoms with Crippen LogP contribution >= 0.6 is 0 Å². The normalized spacial score (nSPS) is 11.5. The molecule has 0 unspecified atom stereocenters. The molecule has 0 aliphatic heterocycles. The topological polar surface area (TPSA) is 94.1 Å². The van der Waals surface area contributed by atoms with Crippen LogP contribution < -0.4 is 16.6 Å². The highest BCUT2D eigenvalue weighted by atomic mass is 16.3. The van der Waals surface area contributed by atoms with Gasteiger partial charge in [0, 0.05) is 27.2 Å². The van der Waals surface area contributed by atoms with Crippen LogP contribution in [0.25, 0.3) is 11.2 Å². The molecule has 0 aliphatic carbocycles. The van der Waals surface area contributed by atoms with Crippen LogP contribution in [0.4, 0.5) is 5.95 Å². The maximum Gasteiger partial charge on any atom is 0.332 e. The Kier molecular flexibility index (Phi) is 4.17. The third-order valence-corrected chi connectivity index (χ3v) is 3.28. The number of rotatable bonds is 5. The number of hydrogen-bond donors (Lipinski definition) is 2. The van der Waals surface area contributed by atoms with Crippen molar-refractivity contribution >= 4 is 17.1 Å². The highest BCUT2D eigenvalue weighted by Crippen LogP contribution is 2.17. The molecule has 116 valence electrons. The minimum Gasteiger partial charge on any atom is -0.395 e. The van der Waals surface area contributed by atoms with Crippen molar-refractivity contribution in [3.8, 4) is 0 Å². The lowest BCUT2D eigenvalue weighted by atomic mass is 10.2. The monoisotopic (exact) mass is 295 g/mol. The van der Waals surface area contributed by atoms with Gasteiger partial charge in [-0.3, -0.25) is 18.5 Å². The van der Waals surface area contributed by atoms with E-state index in [1.807, 2.05) is 18.4 Å². The lowest BCUT2D eigenvalue weighted by Crippen LogP contribution is -2.37. The van der Waals surface area contributed by atoms with Gasteiger partial charge in [-0.2, -0.15) is 0 Å². The molecule has 0 aliphatic rings. The minimum atomic E-state index is -0.414. The van der Waals surface area contributed by atoms with E-state index in [0.29, 0.717) is 30.6 Å². The first-order valence-corrected chi connectivity index (χ1v) is 6.89. The summed E-state index contributed by atoms with van der Waals surface area (Å²) in [5.74, 6) is 0.808. The first kappa shape index (κ1) is 15.3. The van der Waals surface area contributed by atoms with Crippen LogP contribution in [0.1, 0.15) is 13.8 Å². The molecule has 2 N–H and O–H groups in total. The summed E-state index contributed by atoms with van der Waals surface area (Å²) in [4.78, 5) is 28.6. The first-order chi connectivity index (χ1) is 9.88. The molecular formula is C13H21N5O3. The van der Waals surface area contributed by atoms with E-state index in [9.17, 15) is 9.59 Å². The maximum absolute atomic E-state index is 12.2. The van der Waals surface area contributed by atoms with E-state index >= 15 is 0 Å². The fourth-order valence-electron chi connectivity index (χ4n) is 2.33. The lowest BCUT2D eigenvalue weighted by Gasteiger charge is -2.13. The quantitative estimate of drug-likeness (QED) is 0.775. The molecule has 8 nitrogen and oxygen atoms in total. The SMILES string of the molecule is CC(C)Cn1c(NCCO)nc2c(=O)n(C)c(=O)n(C)c21. The highest BCUT2D eigenvalue weighted by Gasteiger charge is 2.19. The van der Waals surface area contributed by atoms with Gasteiger partial charge >= 0.3 is 5.69 Å². The number of nitrogens with one attached hydrogen (secondary N) is 1. The zero-order chi connectivity index (χ0) is 15.7. The number of imidazole rings is 1. The first-order valence-electron chi connectivity index (χ1n) is 6.89. The molecule has 0 aromatic carbocycles. The van der Waals surface area contributed by atoms with Crippen LogP contribution in [0.15, 0.2) is 9.59 Å². The van der Waals surface area contributed by atoms with Gasteiger partial charge < -0.3 is 10.4 Å². The Morgan fingerprint density at radius 1 is 1.24 bits per heavy atom. The molecule has 2 heterocycles. The van der Waals surface area contributed by atoms with Crippen molar-refractivity contribution in [3.63, 3.8) is 0 Å². The summed E-state index contributed by atoms with van der Waals surface area (Å²) in [6.07, 6.45) is 0. The van der Waals surface area contributed by atoms with Crippen LogP contribution in [0, 0.1) is 5.92 Å². The maximum atomic E-state index is 12.2. The van der Waals surface area contributed by atoms with E-state index in [1.165, 1.54) is 11.6 Å². The lowest BCUT2D eigenvalue weighted by molar-refractivity contribution is 0.310. The number of nitrogens with zero attached hydrogens (tertiary/aromatic N) is 4. The molecular weight excluding hydrogens is 274 g/mol. The van der Waals surface area contributed by atoms with Gasteiger partial charge in [-0.05, 0) is 5.92 Å². The fraction of sp³-hybridized carbons (Fsp3) is 0.615. The van der Waals surface area contributed by atoms with Crippen molar-refractivity contribution in [3.05, 3.63) is 20.8 Å². The molecule has 0 saturated heterocycles. The molecule has 0 amide bonds. The molecule has 8 heteroatoms. The van der Waals surface area contributed by atoms with Gasteiger partial charge in [0.1, 0.15) is 0 Å². The predicted octanol–water partition coefficient (Wildman–Crippen LogP) is -0.506. The zero-order valence-electron chi connectivity index (χ0n) is 12.8. The van der Waals surface area contributed by atoms with Crippen LogP contribution in [-0.4, -0.2) is 36.9 Å². The Bertz CT molecular complexity index is 769. The third kappa shape index (κ3) is 2.58. The molecule has 0 spiro atoms. The number of hydrogen-bond acceptors (Lipinski definition) is 5. The molecule has 21 heavy (non-hydrogen) atoms. The second kappa shape index (κ2) is 5.72. The standard InChI is InChI=1S/C13H21N5O3/c1-8(2)7-18-10-9(15-12(18)14-5-6-19)11(20)17(4)13(21)16(10)3/h8,19H,5-7H2,1-4H3,(H,14,15). The number of aliphatic hydroxyl groups is 1. The molecule has 0 saturated carbocycles. The second-order valence-electron chi connectivity index (χ2n) is 5.47. The largest absolute Gasteiger partial charge is 0.395 e. The van der Waals surface area contributed by atoms with E-state index in [4.69, 9.17) is 5.11 Å². The Balaban J connectivity index is 2.80. The van der Waals surface area contributed by atoms with E-state index in [0.717, 1.165) is 4.57 Å². The minimum absolute atomic E-state index is 0.0399. The predicted molar refractivity (Wildman–Crippen MR) is 80.6 cm³/mol. The molecule has 2 aromatic rings. The molecule has 2 rings (SSSR count). The Morgan fingerprint density at radius 2 is 1.90 bits per heavy atom. The summed E-state index contributed by atoms with van der Waals surface area (Å²) < 4.78 is 4.29. The summed E-state index contributed by atoms with van der Waals surface area (Å²) in [5.41, 5.74) is -0.0494. The Morgan fingerprint density at radius 3 is 2.48 bits per heavy atom. The van der Waals surface area contributed by atoms with Gasteiger partial charge in [0.25, 0.3) is 5.56 Å². The van der Waals surface area contributed by atoms with Gasteiger partial charge in [-0.15, -0.1) is 0 Å². The van der Waals surface area contributed by atoms with Crippen molar-refractivity contribution in [2.75, 3.05) is 18.5 Å². The van der Waals surface area contributed by atoms with Gasteiger partial charge in [0.2, 0.25) is 5.95 Å². The highest BCUT2D eigenvalue weighted by molar-refractivity contribution is 5.74. The summed E-state index contributed by atoms with van der Waals surface area (Å²) in [6, 6.07) is 0. The number of aliphatic hydroxyl groups excluding tert-OH is 1. The average Bonchev–Trinajstić information content (AvgIpc) is 2.78. The van der Waals surface area contributed by atoms with E-state index in [1.54, 1.807) is 7.05 Å². The molecule has 0 atom stereocenters. The van der Waals surface area contributed by atoms with Crippen molar-refractivity contribution in [2.45, 2.75) is 20.4 Å². The molecule has 0 radical (unpaired) electrons. The van der Waals surface area contributed by atoms with Gasteiger partial charge in [0.05, 0.1) is 6.61 Å². The summed E-state index contributed by atoms with van der Waals surface area (Å²) in [7, 11) is 3.06. The number of aromatic nitrogens is 4. The van der Waals surface area contributed by atoms with Crippen molar-refractivity contribution < 1.29 is 5.11 Å². The van der Waals surface area contributed by atoms with Crippen molar-refractivity contribution in [1.82, 2.24) is 18.7 Å². The van der Waals surface area contributed by atoms with E-state index < -0.39 is 5.56 Å². The second-order valence-corrected chi connectivity index (χ2v) is 5.47. The van der Waals surface area contributed by atoms with Crippen LogP contribution in [0.3, 0.4) is 0 Å². The van der Waals surface area contributed by atoms with Crippen LogP contribution in [0.5, 0.6) is 0 Å². The number of anilines is 1. The molecule has 2 aromatic heterocycles. The summed E-state index contributed by atoms with van der Waals surface area (Å²) in [6.45, 7) is 4.99. The smallest absolute Gasteiger partial charge is 0.332 e. The summed E-state index contributed by atoms with van der Waals surface area (Å²) in [5, 5.41) is 11.9. The zero-order valence-corrected chi connectivity index (χ0v) is 12.8. The van der Waals surface area contributed by atoms with E-state index in [-0.39, 0.29) is 17.8 Å². The van der Waals surface area contributed by atoms with Crippen molar-refractivity contribution in [1.29, 1.82) is 0 Å². The van der Waals surface area contributed by atoms with Crippen LogP contribution in [-0.2, 0) is 20.6 Å². The Labute approximate surface area is 121 Å².